The standard InChI is InChI=1S/C23H21ClN4O5/c1-15-8-9-18(28(31)32)12-20(15)25-21(29)14-33-22(30)11-10-19-16(2)26-27(23(19)24)13-17-6-4-3-5-7-17/h3-12H,13-14H2,1-2H3,(H,25,29)/b11-10+. The molecule has 0 saturated carbocycles. The van der Waals surface area contributed by atoms with Crippen LogP contribution in [0, 0.1) is 24.0 Å². The zero-order valence-electron chi connectivity index (χ0n) is 17.9. The van der Waals surface area contributed by atoms with Gasteiger partial charge in [-0.2, -0.15) is 5.10 Å². The summed E-state index contributed by atoms with van der Waals surface area (Å²) >= 11 is 6.42. The van der Waals surface area contributed by atoms with Crippen molar-refractivity contribution in [3.05, 3.63) is 92.3 Å². The van der Waals surface area contributed by atoms with Crippen molar-refractivity contribution in [3.8, 4) is 0 Å². The molecule has 0 bridgehead atoms. The minimum absolute atomic E-state index is 0.157. The van der Waals surface area contributed by atoms with Crippen molar-refractivity contribution in [1.29, 1.82) is 0 Å². The lowest BCUT2D eigenvalue weighted by molar-refractivity contribution is -0.384. The molecule has 1 N–H and O–H groups in total. The highest BCUT2D eigenvalue weighted by molar-refractivity contribution is 6.31. The number of nitrogens with one attached hydrogen (secondary N) is 1. The summed E-state index contributed by atoms with van der Waals surface area (Å²) in [5.74, 6) is -1.36. The summed E-state index contributed by atoms with van der Waals surface area (Å²) < 4.78 is 6.59. The Bertz CT molecular complexity index is 1220. The van der Waals surface area contributed by atoms with Crippen LogP contribution >= 0.6 is 11.6 Å². The van der Waals surface area contributed by atoms with E-state index < -0.39 is 23.4 Å². The summed E-state index contributed by atoms with van der Waals surface area (Å²) in [7, 11) is 0. The smallest absolute Gasteiger partial charge is 0.331 e. The van der Waals surface area contributed by atoms with Gasteiger partial charge in [0.1, 0.15) is 5.15 Å². The van der Waals surface area contributed by atoms with Gasteiger partial charge in [-0.25, -0.2) is 9.48 Å². The summed E-state index contributed by atoms with van der Waals surface area (Å²) in [6.45, 7) is 3.40. The van der Waals surface area contributed by atoms with E-state index >= 15 is 0 Å². The molecule has 3 rings (SSSR count). The number of aryl methyl sites for hydroxylation is 2. The molecule has 1 heterocycles. The third-order valence-corrected chi connectivity index (χ3v) is 5.12. The number of anilines is 1. The number of ether oxygens (including phenoxy) is 1. The van der Waals surface area contributed by atoms with Gasteiger partial charge in [-0.3, -0.25) is 14.9 Å². The van der Waals surface area contributed by atoms with Gasteiger partial charge < -0.3 is 10.1 Å². The molecule has 3 aromatic rings. The third-order valence-electron chi connectivity index (χ3n) is 4.72. The van der Waals surface area contributed by atoms with Crippen LogP contribution in [0.3, 0.4) is 0 Å². The highest BCUT2D eigenvalue weighted by Crippen LogP contribution is 2.23. The first-order valence-electron chi connectivity index (χ1n) is 9.91. The molecule has 0 unspecified atom stereocenters. The van der Waals surface area contributed by atoms with E-state index in [-0.39, 0.29) is 11.4 Å². The van der Waals surface area contributed by atoms with Gasteiger partial charge in [-0.1, -0.05) is 48.0 Å². The van der Waals surface area contributed by atoms with Crippen molar-refractivity contribution >= 4 is 40.9 Å². The average molecular weight is 469 g/mol. The second kappa shape index (κ2) is 10.6. The Morgan fingerprint density at radius 2 is 1.94 bits per heavy atom. The number of amides is 1. The fraction of sp³-hybridized carbons (Fsp3) is 0.174. The molecule has 9 nitrogen and oxygen atoms in total. The van der Waals surface area contributed by atoms with Gasteiger partial charge in [0.25, 0.3) is 11.6 Å². The van der Waals surface area contributed by atoms with Crippen LogP contribution in [0.4, 0.5) is 11.4 Å². The first-order valence-corrected chi connectivity index (χ1v) is 10.3. The van der Waals surface area contributed by atoms with Gasteiger partial charge in [0, 0.05) is 23.8 Å². The number of aromatic nitrogens is 2. The van der Waals surface area contributed by atoms with Crippen LogP contribution in [-0.2, 0) is 20.9 Å². The largest absolute Gasteiger partial charge is 0.452 e. The molecule has 33 heavy (non-hydrogen) atoms. The molecule has 0 radical (unpaired) electrons. The van der Waals surface area contributed by atoms with Gasteiger partial charge in [-0.15, -0.1) is 0 Å². The van der Waals surface area contributed by atoms with Crippen molar-refractivity contribution in [2.24, 2.45) is 0 Å². The number of esters is 1. The van der Waals surface area contributed by atoms with Crippen LogP contribution in [-0.4, -0.2) is 33.2 Å². The second-order valence-electron chi connectivity index (χ2n) is 7.18. The molecule has 0 atom stereocenters. The molecule has 0 fully saturated rings. The van der Waals surface area contributed by atoms with Crippen molar-refractivity contribution in [2.75, 3.05) is 11.9 Å². The fourth-order valence-electron chi connectivity index (χ4n) is 3.00. The number of hydrogen-bond donors (Lipinski definition) is 1. The zero-order chi connectivity index (χ0) is 24.0. The number of nitro groups is 1. The number of nitro benzene ring substituents is 1. The van der Waals surface area contributed by atoms with Crippen LogP contribution in [0.1, 0.15) is 22.4 Å². The summed E-state index contributed by atoms with van der Waals surface area (Å²) in [4.78, 5) is 34.5. The van der Waals surface area contributed by atoms with Crippen LogP contribution in [0.2, 0.25) is 5.15 Å². The van der Waals surface area contributed by atoms with Crippen LogP contribution in [0.5, 0.6) is 0 Å². The first-order chi connectivity index (χ1) is 15.7. The number of benzene rings is 2. The maximum Gasteiger partial charge on any atom is 0.331 e. The minimum Gasteiger partial charge on any atom is -0.452 e. The highest BCUT2D eigenvalue weighted by Gasteiger charge is 2.14. The van der Waals surface area contributed by atoms with E-state index in [9.17, 15) is 19.7 Å². The molecule has 10 heteroatoms. The Balaban J connectivity index is 1.58. The van der Waals surface area contributed by atoms with Crippen LogP contribution in [0.25, 0.3) is 6.08 Å². The van der Waals surface area contributed by atoms with E-state index in [1.54, 1.807) is 18.5 Å². The zero-order valence-corrected chi connectivity index (χ0v) is 18.7. The number of halogens is 1. The molecule has 0 spiro atoms. The molecule has 170 valence electrons. The normalized spacial score (nSPS) is 10.9. The Morgan fingerprint density at radius 3 is 2.64 bits per heavy atom. The molecule has 1 aromatic heterocycles. The fourth-order valence-corrected chi connectivity index (χ4v) is 3.30. The summed E-state index contributed by atoms with van der Waals surface area (Å²) in [6, 6.07) is 13.8. The van der Waals surface area contributed by atoms with Gasteiger partial charge >= 0.3 is 5.97 Å². The van der Waals surface area contributed by atoms with E-state index in [0.717, 1.165) is 11.6 Å². The molecule has 0 aliphatic rings. The molecule has 0 aliphatic heterocycles. The van der Waals surface area contributed by atoms with Crippen LogP contribution < -0.4 is 5.32 Å². The Morgan fingerprint density at radius 1 is 1.21 bits per heavy atom. The highest BCUT2D eigenvalue weighted by atomic mass is 35.5. The molecule has 2 aromatic carbocycles. The maximum atomic E-state index is 12.1. The minimum atomic E-state index is -0.743. The van der Waals surface area contributed by atoms with Crippen molar-refractivity contribution < 1.29 is 19.2 Å². The predicted octanol–water partition coefficient (Wildman–Crippen LogP) is 4.30. The summed E-state index contributed by atoms with van der Waals surface area (Å²) in [6.07, 6.45) is 2.64. The Kier molecular flexibility index (Phi) is 7.57. The SMILES string of the molecule is Cc1ccc([N+](=O)[O-])cc1NC(=O)COC(=O)/C=C/c1c(C)nn(Cc2ccccc2)c1Cl. The molecular formula is C23H21ClN4O5. The first kappa shape index (κ1) is 23.7. The van der Waals surface area contributed by atoms with E-state index in [4.69, 9.17) is 16.3 Å². The number of rotatable bonds is 8. The monoisotopic (exact) mass is 468 g/mol. The maximum absolute atomic E-state index is 12.1. The van der Waals surface area contributed by atoms with Crippen molar-refractivity contribution in [1.82, 2.24) is 9.78 Å². The number of hydrogen-bond acceptors (Lipinski definition) is 6. The van der Waals surface area contributed by atoms with Gasteiger partial charge in [-0.05, 0) is 31.1 Å². The van der Waals surface area contributed by atoms with E-state index in [2.05, 4.69) is 10.4 Å². The van der Waals surface area contributed by atoms with E-state index in [0.29, 0.717) is 28.5 Å². The molecule has 1 amide bonds. The molecule has 0 saturated heterocycles. The number of nitrogens with zero attached hydrogens (tertiary/aromatic N) is 3. The number of carbonyl (C=O) groups is 2. The lowest BCUT2D eigenvalue weighted by Gasteiger charge is -2.08. The average Bonchev–Trinajstić information content (AvgIpc) is 3.05. The topological polar surface area (TPSA) is 116 Å². The van der Waals surface area contributed by atoms with E-state index in [1.807, 2.05) is 30.3 Å². The lowest BCUT2D eigenvalue weighted by Crippen LogP contribution is -2.20. The molecule has 0 aliphatic carbocycles. The Hall–Kier alpha value is -3.98. The van der Waals surface area contributed by atoms with Gasteiger partial charge in [0.2, 0.25) is 0 Å². The summed E-state index contributed by atoms with van der Waals surface area (Å²) in [5, 5.41) is 18.2. The second-order valence-corrected chi connectivity index (χ2v) is 7.54. The van der Waals surface area contributed by atoms with Crippen molar-refractivity contribution in [2.45, 2.75) is 20.4 Å². The van der Waals surface area contributed by atoms with Crippen LogP contribution in [0.15, 0.2) is 54.6 Å². The van der Waals surface area contributed by atoms with E-state index in [1.165, 1.54) is 24.3 Å². The Labute approximate surface area is 194 Å². The number of non-ortho nitro benzene ring substituents is 1. The predicted molar refractivity (Wildman–Crippen MR) is 124 cm³/mol. The van der Waals surface area contributed by atoms with Gasteiger partial charge in [0.05, 0.1) is 22.8 Å². The quantitative estimate of drug-likeness (QED) is 0.228. The lowest BCUT2D eigenvalue weighted by atomic mass is 10.2. The third kappa shape index (κ3) is 6.27. The number of carbonyl (C=O) groups excluding carboxylic acids is 2. The van der Waals surface area contributed by atoms with Gasteiger partial charge in [0.15, 0.2) is 6.61 Å². The summed E-state index contributed by atoms with van der Waals surface area (Å²) in [5.41, 5.74) is 2.99. The molecular weight excluding hydrogens is 448 g/mol. The van der Waals surface area contributed by atoms with Crippen molar-refractivity contribution in [3.63, 3.8) is 0 Å².